The Labute approximate surface area is 81.5 Å². The Morgan fingerprint density at radius 1 is 1.36 bits per heavy atom. The zero-order valence-corrected chi connectivity index (χ0v) is 7.99. The maximum Gasteiger partial charge on any atom is 0.337 e. The summed E-state index contributed by atoms with van der Waals surface area (Å²) in [5, 5.41) is 29.0. The van der Waals surface area contributed by atoms with Crippen LogP contribution in [0.5, 0.6) is 0 Å². The molecule has 0 aliphatic heterocycles. The number of carboxylic acids is 2. The van der Waals surface area contributed by atoms with Gasteiger partial charge in [0.2, 0.25) is 0 Å². The number of aliphatic carboxylic acids is 2. The molecule has 0 radical (unpaired) electrons. The lowest BCUT2D eigenvalue weighted by atomic mass is 10.0. The van der Waals surface area contributed by atoms with Gasteiger partial charge in [0, 0.05) is 13.1 Å². The molecule has 0 saturated heterocycles. The second kappa shape index (κ2) is 5.56. The van der Waals surface area contributed by atoms with E-state index >= 15 is 0 Å². The standard InChI is InChI=1S/C8H15NO5/c1-2-8(14,7(12)13)5-9-4-3-6(10)11/h9,14H,2-5H2,1H3,(H,10,11)(H,12,13). The van der Waals surface area contributed by atoms with E-state index in [9.17, 15) is 14.7 Å². The quantitative estimate of drug-likeness (QED) is 0.408. The van der Waals surface area contributed by atoms with Crippen LogP contribution in [-0.4, -0.2) is 45.9 Å². The number of hydrogen-bond acceptors (Lipinski definition) is 4. The van der Waals surface area contributed by atoms with Crippen molar-refractivity contribution in [2.24, 2.45) is 0 Å². The van der Waals surface area contributed by atoms with Crippen molar-refractivity contribution >= 4 is 11.9 Å². The van der Waals surface area contributed by atoms with Gasteiger partial charge in [-0.15, -0.1) is 0 Å². The summed E-state index contributed by atoms with van der Waals surface area (Å²) >= 11 is 0. The van der Waals surface area contributed by atoms with Crippen molar-refractivity contribution in [2.45, 2.75) is 25.4 Å². The molecule has 0 aromatic heterocycles. The number of aliphatic hydroxyl groups is 1. The Balaban J connectivity index is 3.85. The van der Waals surface area contributed by atoms with E-state index < -0.39 is 17.5 Å². The summed E-state index contributed by atoms with van der Waals surface area (Å²) in [5.74, 6) is -2.27. The molecule has 1 unspecified atom stereocenters. The van der Waals surface area contributed by atoms with Crippen molar-refractivity contribution in [3.05, 3.63) is 0 Å². The second-order valence-electron chi connectivity index (χ2n) is 3.01. The van der Waals surface area contributed by atoms with E-state index in [0.717, 1.165) is 0 Å². The van der Waals surface area contributed by atoms with Crippen molar-refractivity contribution in [1.29, 1.82) is 0 Å². The van der Waals surface area contributed by atoms with Gasteiger partial charge >= 0.3 is 11.9 Å². The van der Waals surface area contributed by atoms with Crippen LogP contribution in [0.1, 0.15) is 19.8 Å². The first kappa shape index (κ1) is 12.9. The third-order valence-corrected chi connectivity index (χ3v) is 1.92. The summed E-state index contributed by atoms with van der Waals surface area (Å²) in [6, 6.07) is 0. The lowest BCUT2D eigenvalue weighted by Crippen LogP contribution is -2.47. The van der Waals surface area contributed by atoms with E-state index in [-0.39, 0.29) is 25.9 Å². The topological polar surface area (TPSA) is 107 Å². The minimum Gasteiger partial charge on any atom is -0.481 e. The van der Waals surface area contributed by atoms with Crippen LogP contribution >= 0.6 is 0 Å². The molecule has 1 atom stereocenters. The van der Waals surface area contributed by atoms with Gasteiger partial charge in [-0.1, -0.05) is 6.92 Å². The summed E-state index contributed by atoms with van der Waals surface area (Å²) in [6.45, 7) is 1.55. The lowest BCUT2D eigenvalue weighted by Gasteiger charge is -2.21. The predicted octanol–water partition coefficient (Wildman–Crippen LogP) is -0.724. The number of nitrogens with one attached hydrogen (secondary N) is 1. The SMILES string of the molecule is CCC(O)(CNCCC(=O)O)C(=O)O. The van der Waals surface area contributed by atoms with Crippen molar-refractivity contribution in [3.8, 4) is 0 Å². The van der Waals surface area contributed by atoms with Gasteiger partial charge in [-0.25, -0.2) is 4.79 Å². The van der Waals surface area contributed by atoms with E-state index in [1.54, 1.807) is 6.92 Å². The lowest BCUT2D eigenvalue weighted by molar-refractivity contribution is -0.158. The maximum absolute atomic E-state index is 10.6. The molecule has 0 bridgehead atoms. The van der Waals surface area contributed by atoms with Crippen molar-refractivity contribution in [1.82, 2.24) is 5.32 Å². The fraction of sp³-hybridized carbons (Fsp3) is 0.750. The molecule has 0 aromatic carbocycles. The molecule has 0 amide bonds. The Hall–Kier alpha value is -1.14. The molecule has 0 aromatic rings. The molecule has 0 rings (SSSR count). The minimum atomic E-state index is -1.81. The van der Waals surface area contributed by atoms with Crippen molar-refractivity contribution in [3.63, 3.8) is 0 Å². The van der Waals surface area contributed by atoms with E-state index in [1.807, 2.05) is 0 Å². The van der Waals surface area contributed by atoms with Crippen LogP contribution in [0.15, 0.2) is 0 Å². The van der Waals surface area contributed by atoms with Gasteiger partial charge in [0.1, 0.15) is 0 Å². The van der Waals surface area contributed by atoms with Crippen LogP contribution in [0.2, 0.25) is 0 Å². The molecule has 6 nitrogen and oxygen atoms in total. The summed E-state index contributed by atoms with van der Waals surface area (Å²) in [4.78, 5) is 20.7. The fourth-order valence-corrected chi connectivity index (χ4v) is 0.842. The van der Waals surface area contributed by atoms with Crippen LogP contribution in [0.4, 0.5) is 0 Å². The zero-order valence-electron chi connectivity index (χ0n) is 7.99. The monoisotopic (exact) mass is 205 g/mol. The van der Waals surface area contributed by atoms with Crippen LogP contribution < -0.4 is 5.32 Å². The Kier molecular flexibility index (Phi) is 5.11. The van der Waals surface area contributed by atoms with Crippen LogP contribution in [-0.2, 0) is 9.59 Å². The number of rotatable bonds is 7. The molecule has 0 aliphatic carbocycles. The molecule has 0 spiro atoms. The normalized spacial score (nSPS) is 14.7. The number of carbonyl (C=O) groups is 2. The zero-order chi connectivity index (χ0) is 11.2. The minimum absolute atomic E-state index is 0.0718. The first-order valence-electron chi connectivity index (χ1n) is 4.30. The highest BCUT2D eigenvalue weighted by Gasteiger charge is 2.33. The summed E-state index contributed by atoms with van der Waals surface area (Å²) in [6.07, 6.45) is -0.0260. The Morgan fingerprint density at radius 2 is 1.93 bits per heavy atom. The molecule has 4 N–H and O–H groups in total. The predicted molar refractivity (Wildman–Crippen MR) is 48.0 cm³/mol. The summed E-state index contributed by atoms with van der Waals surface area (Å²) < 4.78 is 0. The first-order valence-corrected chi connectivity index (χ1v) is 4.30. The van der Waals surface area contributed by atoms with Gasteiger partial charge in [-0.2, -0.15) is 0 Å². The van der Waals surface area contributed by atoms with E-state index in [1.165, 1.54) is 0 Å². The highest BCUT2D eigenvalue weighted by atomic mass is 16.4. The molecule has 82 valence electrons. The second-order valence-corrected chi connectivity index (χ2v) is 3.01. The van der Waals surface area contributed by atoms with Crippen molar-refractivity contribution in [2.75, 3.05) is 13.1 Å². The fourth-order valence-electron chi connectivity index (χ4n) is 0.842. The molecular weight excluding hydrogens is 190 g/mol. The highest BCUT2D eigenvalue weighted by Crippen LogP contribution is 2.08. The van der Waals surface area contributed by atoms with Crippen LogP contribution in [0, 0.1) is 0 Å². The Morgan fingerprint density at radius 3 is 2.29 bits per heavy atom. The third-order valence-electron chi connectivity index (χ3n) is 1.92. The average molecular weight is 205 g/mol. The largest absolute Gasteiger partial charge is 0.481 e. The van der Waals surface area contributed by atoms with Crippen LogP contribution in [0.3, 0.4) is 0 Å². The first-order chi connectivity index (χ1) is 6.42. The van der Waals surface area contributed by atoms with Crippen LogP contribution in [0.25, 0.3) is 0 Å². The van der Waals surface area contributed by atoms with Gasteiger partial charge in [0.05, 0.1) is 6.42 Å². The highest BCUT2D eigenvalue weighted by molar-refractivity contribution is 5.77. The van der Waals surface area contributed by atoms with Gasteiger partial charge < -0.3 is 20.6 Å². The molecule has 0 saturated carbocycles. The van der Waals surface area contributed by atoms with Gasteiger partial charge in [0.15, 0.2) is 5.60 Å². The number of carboxylic acid groups (broad SMARTS) is 2. The van der Waals surface area contributed by atoms with E-state index in [0.29, 0.717) is 0 Å². The van der Waals surface area contributed by atoms with Gasteiger partial charge in [-0.3, -0.25) is 4.79 Å². The molecule has 0 aliphatic rings. The third kappa shape index (κ3) is 4.20. The van der Waals surface area contributed by atoms with Crippen molar-refractivity contribution < 1.29 is 24.9 Å². The molecule has 14 heavy (non-hydrogen) atoms. The van der Waals surface area contributed by atoms with Gasteiger partial charge in [-0.05, 0) is 6.42 Å². The summed E-state index contributed by atoms with van der Waals surface area (Å²) in [7, 11) is 0. The molecule has 0 fully saturated rings. The summed E-state index contributed by atoms with van der Waals surface area (Å²) in [5.41, 5.74) is -1.81. The Bertz CT molecular complexity index is 218. The molecule has 6 heteroatoms. The van der Waals surface area contributed by atoms with E-state index in [4.69, 9.17) is 10.2 Å². The smallest absolute Gasteiger partial charge is 0.337 e. The molecular formula is C8H15NO5. The number of hydrogen-bond donors (Lipinski definition) is 4. The van der Waals surface area contributed by atoms with E-state index in [2.05, 4.69) is 5.32 Å². The molecule has 0 heterocycles. The average Bonchev–Trinajstić information content (AvgIpc) is 2.11. The van der Waals surface area contributed by atoms with Gasteiger partial charge in [0.25, 0.3) is 0 Å². The maximum atomic E-state index is 10.6.